The third-order valence-electron chi connectivity index (χ3n) is 3.65. The lowest BCUT2D eigenvalue weighted by Crippen LogP contribution is -1.84. The fraction of sp³-hybridized carbons (Fsp3) is 0.375. The van der Waals surface area contributed by atoms with E-state index in [1.807, 2.05) is 0 Å². The molecule has 0 amide bonds. The predicted octanol–water partition coefficient (Wildman–Crippen LogP) is 4.90. The number of nitrogens with one attached hydrogen (secondary N) is 2. The number of H-pyrrole nitrogens is 2. The molecule has 3 rings (SSSR count). The Bertz CT molecular complexity index is 590. The van der Waals surface area contributed by atoms with Crippen LogP contribution in [0, 0.1) is 0 Å². The highest BCUT2D eigenvalue weighted by Gasteiger charge is 2.08. The van der Waals surface area contributed by atoms with Crippen molar-refractivity contribution in [1.82, 2.24) is 9.97 Å². The van der Waals surface area contributed by atoms with E-state index in [2.05, 4.69) is 61.9 Å². The van der Waals surface area contributed by atoms with Crippen molar-refractivity contribution in [2.75, 3.05) is 0 Å². The van der Waals surface area contributed by atoms with Gasteiger partial charge in [-0.25, -0.2) is 0 Å². The molecule has 0 aliphatic rings. The maximum Gasteiger partial charge on any atom is 0.0463 e. The summed E-state index contributed by atoms with van der Waals surface area (Å²) < 4.78 is 0. The Morgan fingerprint density at radius 1 is 0.667 bits per heavy atom. The number of rotatable bonds is 2. The molecule has 0 spiro atoms. The van der Waals surface area contributed by atoms with Crippen LogP contribution >= 0.6 is 0 Å². The second-order valence-electron chi connectivity index (χ2n) is 5.79. The molecule has 2 heteroatoms. The van der Waals surface area contributed by atoms with Gasteiger partial charge in [0.15, 0.2) is 0 Å². The van der Waals surface area contributed by atoms with E-state index in [9.17, 15) is 0 Å². The van der Waals surface area contributed by atoms with Crippen LogP contribution in [0.25, 0.3) is 21.8 Å². The fourth-order valence-corrected chi connectivity index (χ4v) is 2.43. The molecule has 3 aromatic rings. The van der Waals surface area contributed by atoms with Gasteiger partial charge in [-0.05, 0) is 36.1 Å². The lowest BCUT2D eigenvalue weighted by molar-refractivity contribution is 0.836. The molecule has 0 aliphatic heterocycles. The smallest absolute Gasteiger partial charge is 0.0463 e. The van der Waals surface area contributed by atoms with E-state index in [1.54, 1.807) is 0 Å². The maximum absolute atomic E-state index is 3.51. The first-order chi connectivity index (χ1) is 8.54. The molecule has 2 nitrogen and oxygen atoms in total. The van der Waals surface area contributed by atoms with Crippen LogP contribution < -0.4 is 0 Å². The maximum atomic E-state index is 3.51. The summed E-state index contributed by atoms with van der Waals surface area (Å²) in [7, 11) is 0. The lowest BCUT2D eigenvalue weighted by Gasteiger charge is -1.98. The third kappa shape index (κ3) is 1.72. The zero-order valence-electron chi connectivity index (χ0n) is 11.5. The Kier molecular flexibility index (Phi) is 2.47. The van der Waals surface area contributed by atoms with Crippen LogP contribution in [-0.4, -0.2) is 9.97 Å². The number of aromatic amines is 2. The first-order valence-corrected chi connectivity index (χ1v) is 6.70. The molecule has 0 radical (unpaired) electrons. The van der Waals surface area contributed by atoms with Crippen LogP contribution in [0.3, 0.4) is 0 Å². The van der Waals surface area contributed by atoms with E-state index in [4.69, 9.17) is 0 Å². The summed E-state index contributed by atoms with van der Waals surface area (Å²) in [6.07, 6.45) is 0. The molecular formula is C16H20N2. The average molecular weight is 240 g/mol. The summed E-state index contributed by atoms with van der Waals surface area (Å²) >= 11 is 0. The summed E-state index contributed by atoms with van der Waals surface area (Å²) in [5.41, 5.74) is 5.09. The Hall–Kier alpha value is -1.70. The summed E-state index contributed by atoms with van der Waals surface area (Å²) in [4.78, 5) is 7.02. The van der Waals surface area contributed by atoms with Gasteiger partial charge in [0.05, 0.1) is 0 Å². The van der Waals surface area contributed by atoms with Gasteiger partial charge in [-0.2, -0.15) is 0 Å². The van der Waals surface area contributed by atoms with Crippen LogP contribution in [0.4, 0.5) is 0 Å². The summed E-state index contributed by atoms with van der Waals surface area (Å²) in [5, 5.41) is 2.59. The number of hydrogen-bond acceptors (Lipinski definition) is 0. The first-order valence-electron chi connectivity index (χ1n) is 6.70. The normalized spacial score (nSPS) is 12.3. The lowest BCUT2D eigenvalue weighted by atomic mass is 10.1. The average Bonchev–Trinajstić information content (AvgIpc) is 2.87. The van der Waals surface area contributed by atoms with Crippen LogP contribution in [0.1, 0.15) is 50.9 Å². The molecule has 0 bridgehead atoms. The van der Waals surface area contributed by atoms with Gasteiger partial charge in [-0.15, -0.1) is 0 Å². The Balaban J connectivity index is 2.21. The second-order valence-corrected chi connectivity index (χ2v) is 5.79. The first kappa shape index (κ1) is 11.4. The highest BCUT2D eigenvalue weighted by molar-refractivity contribution is 5.96. The zero-order valence-corrected chi connectivity index (χ0v) is 11.5. The number of benzene rings is 1. The zero-order chi connectivity index (χ0) is 12.9. The molecule has 0 unspecified atom stereocenters. The molecule has 18 heavy (non-hydrogen) atoms. The third-order valence-corrected chi connectivity index (χ3v) is 3.65. The monoisotopic (exact) mass is 240 g/mol. The number of aromatic nitrogens is 2. The van der Waals surface area contributed by atoms with Crippen molar-refractivity contribution >= 4 is 21.8 Å². The molecule has 2 aromatic heterocycles. The molecule has 1 aromatic carbocycles. The second kappa shape index (κ2) is 3.91. The minimum absolute atomic E-state index is 0.543. The number of hydrogen-bond donors (Lipinski definition) is 2. The quantitative estimate of drug-likeness (QED) is 0.638. The van der Waals surface area contributed by atoms with Crippen LogP contribution in [0.15, 0.2) is 24.3 Å². The van der Waals surface area contributed by atoms with Gasteiger partial charge in [-0.3, -0.25) is 0 Å². The van der Waals surface area contributed by atoms with Gasteiger partial charge >= 0.3 is 0 Å². The Labute approximate surface area is 107 Å². The van der Waals surface area contributed by atoms with E-state index in [0.29, 0.717) is 11.8 Å². The van der Waals surface area contributed by atoms with Crippen LogP contribution in [-0.2, 0) is 0 Å². The Morgan fingerprint density at radius 3 is 1.39 bits per heavy atom. The largest absolute Gasteiger partial charge is 0.358 e. The van der Waals surface area contributed by atoms with Gasteiger partial charge in [0.1, 0.15) is 0 Å². The molecule has 94 valence electrons. The number of fused-ring (bicyclic) bond motifs is 2. The van der Waals surface area contributed by atoms with Gasteiger partial charge in [-0.1, -0.05) is 27.7 Å². The fourth-order valence-electron chi connectivity index (χ4n) is 2.43. The molecule has 0 fully saturated rings. The molecule has 2 heterocycles. The molecular weight excluding hydrogens is 220 g/mol. The minimum Gasteiger partial charge on any atom is -0.358 e. The standard InChI is InChI=1S/C16H20N2/c1-9(2)13-5-11-7-16-12(8-15(11)17-13)6-14(18-16)10(3)4/h5-10,17-18H,1-4H3. The van der Waals surface area contributed by atoms with Crippen molar-refractivity contribution < 1.29 is 0 Å². The molecule has 2 N–H and O–H groups in total. The van der Waals surface area contributed by atoms with Gasteiger partial charge in [0.2, 0.25) is 0 Å². The van der Waals surface area contributed by atoms with Crippen molar-refractivity contribution in [3.05, 3.63) is 35.7 Å². The van der Waals surface area contributed by atoms with E-state index >= 15 is 0 Å². The SMILES string of the molecule is CC(C)c1cc2cc3[nH]c(C(C)C)cc3cc2[nH]1. The van der Waals surface area contributed by atoms with Gasteiger partial charge < -0.3 is 9.97 Å². The molecule has 0 saturated heterocycles. The van der Waals surface area contributed by atoms with Crippen LogP contribution in [0.2, 0.25) is 0 Å². The summed E-state index contributed by atoms with van der Waals surface area (Å²) in [6, 6.07) is 9.02. The van der Waals surface area contributed by atoms with E-state index in [0.717, 1.165) is 0 Å². The van der Waals surface area contributed by atoms with Crippen LogP contribution in [0.5, 0.6) is 0 Å². The van der Waals surface area contributed by atoms with Crippen molar-refractivity contribution in [2.24, 2.45) is 0 Å². The van der Waals surface area contributed by atoms with Crippen molar-refractivity contribution in [1.29, 1.82) is 0 Å². The highest BCUT2D eigenvalue weighted by atomic mass is 14.7. The van der Waals surface area contributed by atoms with Crippen molar-refractivity contribution in [3.8, 4) is 0 Å². The predicted molar refractivity (Wildman–Crippen MR) is 78.3 cm³/mol. The van der Waals surface area contributed by atoms with E-state index in [1.165, 1.54) is 33.2 Å². The molecule has 0 atom stereocenters. The Morgan fingerprint density at radius 2 is 1.06 bits per heavy atom. The van der Waals surface area contributed by atoms with Gasteiger partial charge in [0, 0.05) is 33.2 Å². The summed E-state index contributed by atoms with van der Waals surface area (Å²) in [5.74, 6) is 1.09. The van der Waals surface area contributed by atoms with E-state index < -0.39 is 0 Å². The molecule has 0 aliphatic carbocycles. The minimum atomic E-state index is 0.543. The van der Waals surface area contributed by atoms with E-state index in [-0.39, 0.29) is 0 Å². The summed E-state index contributed by atoms with van der Waals surface area (Å²) in [6.45, 7) is 8.86. The highest BCUT2D eigenvalue weighted by Crippen LogP contribution is 2.28. The topological polar surface area (TPSA) is 31.6 Å². The van der Waals surface area contributed by atoms with Gasteiger partial charge in [0.25, 0.3) is 0 Å². The van der Waals surface area contributed by atoms with Crippen molar-refractivity contribution in [2.45, 2.75) is 39.5 Å². The van der Waals surface area contributed by atoms with Crippen molar-refractivity contribution in [3.63, 3.8) is 0 Å². The molecule has 0 saturated carbocycles.